The maximum atomic E-state index is 10.9. The van der Waals surface area contributed by atoms with Crippen molar-refractivity contribution in [1.82, 2.24) is 0 Å². The summed E-state index contributed by atoms with van der Waals surface area (Å²) in [6.07, 6.45) is 1.09. The molecular weight excluding hydrogens is 176 g/mol. The third-order valence-corrected chi connectivity index (χ3v) is 3.88. The van der Waals surface area contributed by atoms with Crippen molar-refractivity contribution < 1.29 is 14.6 Å². The zero-order valence-electron chi connectivity index (χ0n) is 6.90. The van der Waals surface area contributed by atoms with Gasteiger partial charge in [0, 0.05) is 6.42 Å². The molecule has 0 aromatic rings. The van der Waals surface area contributed by atoms with Crippen LogP contribution in [0.5, 0.6) is 0 Å². The van der Waals surface area contributed by atoms with Crippen molar-refractivity contribution in [3.05, 3.63) is 0 Å². The Kier molecular flexibility index (Phi) is 2.04. The van der Waals surface area contributed by atoms with Gasteiger partial charge in [-0.15, -0.1) is 0 Å². The van der Waals surface area contributed by atoms with E-state index in [1.807, 2.05) is 0 Å². The van der Waals surface area contributed by atoms with Crippen LogP contribution in [0.25, 0.3) is 0 Å². The van der Waals surface area contributed by atoms with E-state index in [0.29, 0.717) is 12.3 Å². The van der Waals surface area contributed by atoms with E-state index in [1.165, 1.54) is 11.8 Å². The number of hydrogen-bond acceptors (Lipinski definition) is 4. The molecule has 1 saturated carbocycles. The van der Waals surface area contributed by atoms with Crippen molar-refractivity contribution in [2.45, 2.75) is 37.2 Å². The zero-order chi connectivity index (χ0) is 8.72. The SMILES string of the molecule is CC1CC(O)CC2OC(=O)SC12. The number of aliphatic hydroxyl groups is 1. The normalized spacial score (nSPS) is 47.0. The lowest BCUT2D eigenvalue weighted by Gasteiger charge is -2.31. The summed E-state index contributed by atoms with van der Waals surface area (Å²) in [4.78, 5) is 10.9. The van der Waals surface area contributed by atoms with Gasteiger partial charge in [-0.25, -0.2) is 4.79 Å². The summed E-state index contributed by atoms with van der Waals surface area (Å²) < 4.78 is 5.07. The first kappa shape index (κ1) is 8.38. The molecule has 4 heteroatoms. The maximum absolute atomic E-state index is 10.9. The predicted octanol–water partition coefficient (Wildman–Crippen LogP) is 1.40. The lowest BCUT2D eigenvalue weighted by molar-refractivity contribution is 0.0267. The fourth-order valence-electron chi connectivity index (χ4n) is 2.00. The zero-order valence-corrected chi connectivity index (χ0v) is 7.71. The van der Waals surface area contributed by atoms with E-state index in [-0.39, 0.29) is 22.8 Å². The summed E-state index contributed by atoms with van der Waals surface area (Å²) in [6, 6.07) is 0. The Labute approximate surface area is 75.5 Å². The van der Waals surface area contributed by atoms with Gasteiger partial charge in [-0.3, -0.25) is 0 Å². The molecule has 2 aliphatic rings. The number of rotatable bonds is 0. The summed E-state index contributed by atoms with van der Waals surface area (Å²) in [7, 11) is 0. The van der Waals surface area contributed by atoms with E-state index in [2.05, 4.69) is 6.92 Å². The molecule has 0 bridgehead atoms. The number of carbonyl (C=O) groups is 1. The molecule has 1 heterocycles. The molecule has 3 nitrogen and oxygen atoms in total. The average molecular weight is 188 g/mol. The minimum absolute atomic E-state index is 0.0405. The van der Waals surface area contributed by atoms with Crippen molar-refractivity contribution in [3.63, 3.8) is 0 Å². The van der Waals surface area contributed by atoms with E-state index < -0.39 is 0 Å². The fourth-order valence-corrected chi connectivity index (χ4v) is 3.06. The smallest absolute Gasteiger partial charge is 0.368 e. The van der Waals surface area contributed by atoms with Crippen molar-refractivity contribution in [2.24, 2.45) is 5.92 Å². The van der Waals surface area contributed by atoms with E-state index in [4.69, 9.17) is 4.74 Å². The van der Waals surface area contributed by atoms with Gasteiger partial charge >= 0.3 is 5.30 Å². The van der Waals surface area contributed by atoms with E-state index in [0.717, 1.165) is 6.42 Å². The van der Waals surface area contributed by atoms with Crippen LogP contribution in [0.1, 0.15) is 19.8 Å². The van der Waals surface area contributed by atoms with Gasteiger partial charge in [-0.05, 0) is 24.1 Å². The van der Waals surface area contributed by atoms with Crippen molar-refractivity contribution in [1.29, 1.82) is 0 Å². The Bertz CT molecular complexity index is 206. The molecule has 0 amide bonds. The van der Waals surface area contributed by atoms with Gasteiger partial charge in [-0.2, -0.15) is 0 Å². The summed E-state index contributed by atoms with van der Waals surface area (Å²) in [5, 5.41) is 9.52. The Morgan fingerprint density at radius 3 is 3.08 bits per heavy atom. The number of carbonyl (C=O) groups excluding carboxylic acids is 1. The van der Waals surface area contributed by atoms with Gasteiger partial charge in [0.05, 0.1) is 11.4 Å². The van der Waals surface area contributed by atoms with E-state index >= 15 is 0 Å². The molecule has 4 unspecified atom stereocenters. The van der Waals surface area contributed by atoms with Crippen LogP contribution >= 0.6 is 11.8 Å². The molecule has 68 valence electrons. The topological polar surface area (TPSA) is 46.5 Å². The number of hydrogen-bond donors (Lipinski definition) is 1. The van der Waals surface area contributed by atoms with Gasteiger partial charge in [-0.1, -0.05) is 6.92 Å². The lowest BCUT2D eigenvalue weighted by atomic mass is 9.86. The third-order valence-electron chi connectivity index (χ3n) is 2.56. The largest absolute Gasteiger partial charge is 0.453 e. The second-order valence-electron chi connectivity index (χ2n) is 3.59. The first-order valence-electron chi connectivity index (χ1n) is 4.22. The lowest BCUT2D eigenvalue weighted by Crippen LogP contribution is -2.37. The second kappa shape index (κ2) is 2.92. The minimum Gasteiger partial charge on any atom is -0.453 e. The molecule has 1 N–H and O–H groups in total. The standard InChI is InChI=1S/C8H12O3S/c1-4-2-5(9)3-6-7(4)12-8(10)11-6/h4-7,9H,2-3H2,1H3. The Hall–Kier alpha value is -0.220. The molecule has 2 fully saturated rings. The highest BCUT2D eigenvalue weighted by molar-refractivity contribution is 8.14. The van der Waals surface area contributed by atoms with E-state index in [9.17, 15) is 9.90 Å². The molecule has 1 saturated heterocycles. The Morgan fingerprint density at radius 2 is 2.33 bits per heavy atom. The maximum Gasteiger partial charge on any atom is 0.368 e. The number of thioether (sulfide) groups is 1. The average Bonchev–Trinajstić information content (AvgIpc) is 2.29. The predicted molar refractivity (Wildman–Crippen MR) is 46.1 cm³/mol. The molecule has 2 rings (SSSR count). The molecule has 0 spiro atoms. The minimum atomic E-state index is -0.284. The summed E-state index contributed by atoms with van der Waals surface area (Å²) >= 11 is 1.29. The molecule has 1 aliphatic carbocycles. The number of aliphatic hydroxyl groups excluding tert-OH is 1. The molecule has 4 atom stereocenters. The van der Waals surface area contributed by atoms with Crippen LogP contribution in [0.2, 0.25) is 0 Å². The quantitative estimate of drug-likeness (QED) is 0.584. The van der Waals surface area contributed by atoms with Crippen LogP contribution in [0.3, 0.4) is 0 Å². The molecule has 0 radical (unpaired) electrons. The number of fused-ring (bicyclic) bond motifs is 1. The van der Waals surface area contributed by atoms with Crippen LogP contribution in [0.4, 0.5) is 4.79 Å². The summed E-state index contributed by atoms with van der Waals surface area (Å²) in [5.41, 5.74) is 0. The van der Waals surface area contributed by atoms with Gasteiger partial charge in [0.15, 0.2) is 0 Å². The van der Waals surface area contributed by atoms with Gasteiger partial charge < -0.3 is 9.84 Å². The highest BCUT2D eigenvalue weighted by atomic mass is 32.2. The van der Waals surface area contributed by atoms with Crippen LogP contribution < -0.4 is 0 Å². The van der Waals surface area contributed by atoms with Gasteiger partial charge in [0.25, 0.3) is 0 Å². The molecule has 1 aliphatic heterocycles. The monoisotopic (exact) mass is 188 g/mol. The van der Waals surface area contributed by atoms with Crippen LogP contribution in [-0.2, 0) is 4.74 Å². The fraction of sp³-hybridized carbons (Fsp3) is 0.875. The van der Waals surface area contributed by atoms with Gasteiger partial charge in [0.1, 0.15) is 6.10 Å². The highest BCUT2D eigenvalue weighted by Crippen LogP contribution is 2.41. The van der Waals surface area contributed by atoms with Crippen LogP contribution in [0, 0.1) is 5.92 Å². The molecule has 0 aromatic heterocycles. The first-order chi connectivity index (χ1) is 5.66. The van der Waals surface area contributed by atoms with Crippen molar-refractivity contribution in [2.75, 3.05) is 0 Å². The number of ether oxygens (including phenoxy) is 1. The summed E-state index contributed by atoms with van der Waals surface area (Å²) in [5.74, 6) is 0.384. The molecular formula is C8H12O3S. The Balaban J connectivity index is 2.10. The molecule has 0 aromatic carbocycles. The van der Waals surface area contributed by atoms with Crippen LogP contribution in [-0.4, -0.2) is 27.9 Å². The summed E-state index contributed by atoms with van der Waals surface area (Å²) in [6.45, 7) is 2.06. The van der Waals surface area contributed by atoms with Crippen LogP contribution in [0.15, 0.2) is 0 Å². The Morgan fingerprint density at radius 1 is 1.58 bits per heavy atom. The first-order valence-corrected chi connectivity index (χ1v) is 5.10. The van der Waals surface area contributed by atoms with Crippen molar-refractivity contribution in [3.8, 4) is 0 Å². The third kappa shape index (κ3) is 1.33. The van der Waals surface area contributed by atoms with E-state index in [1.54, 1.807) is 0 Å². The van der Waals surface area contributed by atoms with Crippen molar-refractivity contribution >= 4 is 17.1 Å². The molecule has 12 heavy (non-hydrogen) atoms. The van der Waals surface area contributed by atoms with Gasteiger partial charge in [0.2, 0.25) is 0 Å². The highest BCUT2D eigenvalue weighted by Gasteiger charge is 2.44. The second-order valence-corrected chi connectivity index (χ2v) is 4.70.